The fraction of sp³-hybridized carbons (Fsp3) is 0.519. The lowest BCUT2D eigenvalue weighted by molar-refractivity contribution is 0.0503. The molecule has 200 valence electrons. The van der Waals surface area contributed by atoms with Crippen molar-refractivity contribution in [2.75, 3.05) is 19.6 Å². The number of rotatable bonds is 8. The highest BCUT2D eigenvalue weighted by Crippen LogP contribution is 2.43. The molecular formula is C27H32Cl2FN3O3S. The zero-order valence-corrected chi connectivity index (χ0v) is 23.3. The highest BCUT2D eigenvalue weighted by molar-refractivity contribution is 7.91. The summed E-state index contributed by atoms with van der Waals surface area (Å²) in [6.07, 6.45) is 3.05. The monoisotopic (exact) mass is 567 g/mol. The molecule has 1 heterocycles. The van der Waals surface area contributed by atoms with E-state index in [4.69, 9.17) is 23.2 Å². The summed E-state index contributed by atoms with van der Waals surface area (Å²) in [5.74, 6) is -1.27. The summed E-state index contributed by atoms with van der Waals surface area (Å²) >= 11 is 12.4. The van der Waals surface area contributed by atoms with Gasteiger partial charge in [-0.1, -0.05) is 23.2 Å². The summed E-state index contributed by atoms with van der Waals surface area (Å²) in [6, 6.07) is 9.05. The molecule has 1 aliphatic heterocycles. The summed E-state index contributed by atoms with van der Waals surface area (Å²) in [4.78, 5) is 17.4. The lowest BCUT2D eigenvalue weighted by atomic mass is 9.97. The van der Waals surface area contributed by atoms with E-state index in [1.807, 2.05) is 12.1 Å². The Bertz CT molecular complexity index is 1290. The lowest BCUT2D eigenvalue weighted by Gasteiger charge is -2.43. The number of nitrogens with one attached hydrogen (secondary N) is 1. The van der Waals surface area contributed by atoms with Gasteiger partial charge in [0.25, 0.3) is 5.91 Å². The molecule has 2 aromatic rings. The molecule has 0 aromatic heterocycles. The number of benzene rings is 2. The SMILES string of the molecule is CC(c1cc(Cl)cc(Cl)c1)N1CCN(Cc2cc(F)c(C(=O)NS(=O)(=O)C3CC3)cc2C2CC2)C[C@@H]1C. The van der Waals surface area contributed by atoms with Crippen LogP contribution in [0.25, 0.3) is 0 Å². The molecule has 6 nitrogen and oxygen atoms in total. The van der Waals surface area contributed by atoms with Crippen LogP contribution in [0, 0.1) is 5.82 Å². The van der Waals surface area contributed by atoms with Gasteiger partial charge in [0.05, 0.1) is 10.8 Å². The largest absolute Gasteiger partial charge is 0.296 e. The van der Waals surface area contributed by atoms with Crippen molar-refractivity contribution in [2.24, 2.45) is 0 Å². The predicted molar refractivity (Wildman–Crippen MR) is 144 cm³/mol. The Morgan fingerprint density at radius 1 is 1.08 bits per heavy atom. The van der Waals surface area contributed by atoms with Crippen molar-refractivity contribution < 1.29 is 17.6 Å². The second-order valence-electron chi connectivity index (χ2n) is 10.7. The molecule has 1 amide bonds. The first-order valence-electron chi connectivity index (χ1n) is 12.8. The average Bonchev–Trinajstić information content (AvgIpc) is 3.71. The predicted octanol–water partition coefficient (Wildman–Crippen LogP) is 5.50. The van der Waals surface area contributed by atoms with Gasteiger partial charge >= 0.3 is 0 Å². The van der Waals surface area contributed by atoms with E-state index >= 15 is 4.39 Å². The van der Waals surface area contributed by atoms with Crippen LogP contribution in [0.4, 0.5) is 4.39 Å². The van der Waals surface area contributed by atoms with Crippen LogP contribution in [-0.2, 0) is 16.6 Å². The molecule has 0 radical (unpaired) electrons. The fourth-order valence-electron chi connectivity index (χ4n) is 5.38. The van der Waals surface area contributed by atoms with Crippen LogP contribution < -0.4 is 4.72 Å². The number of hydrogen-bond donors (Lipinski definition) is 1. The van der Waals surface area contributed by atoms with Gasteiger partial charge in [-0.3, -0.25) is 14.6 Å². The summed E-state index contributed by atoms with van der Waals surface area (Å²) in [6.45, 7) is 7.39. The minimum atomic E-state index is -3.74. The first-order chi connectivity index (χ1) is 17.5. The molecule has 3 fully saturated rings. The lowest BCUT2D eigenvalue weighted by Crippen LogP contribution is -2.52. The summed E-state index contributed by atoms with van der Waals surface area (Å²) in [5.41, 5.74) is 2.71. The Labute approximate surface area is 228 Å². The minimum Gasteiger partial charge on any atom is -0.296 e. The van der Waals surface area contributed by atoms with Crippen LogP contribution >= 0.6 is 23.2 Å². The van der Waals surface area contributed by atoms with E-state index in [-0.39, 0.29) is 23.6 Å². The van der Waals surface area contributed by atoms with Crippen LogP contribution in [0.3, 0.4) is 0 Å². The number of carbonyl (C=O) groups excluding carboxylic acids is 1. The van der Waals surface area contributed by atoms with E-state index in [1.54, 1.807) is 12.1 Å². The van der Waals surface area contributed by atoms with Crippen LogP contribution in [0.5, 0.6) is 0 Å². The number of sulfonamides is 1. The number of carbonyl (C=O) groups is 1. The van der Waals surface area contributed by atoms with Gasteiger partial charge in [-0.15, -0.1) is 0 Å². The molecule has 5 rings (SSSR count). The average molecular weight is 569 g/mol. The van der Waals surface area contributed by atoms with Gasteiger partial charge in [-0.2, -0.15) is 0 Å². The molecule has 2 saturated carbocycles. The Kier molecular flexibility index (Phi) is 7.59. The highest BCUT2D eigenvalue weighted by atomic mass is 35.5. The van der Waals surface area contributed by atoms with E-state index in [9.17, 15) is 13.2 Å². The Morgan fingerprint density at radius 2 is 1.76 bits per heavy atom. The van der Waals surface area contributed by atoms with Gasteiger partial charge in [-0.25, -0.2) is 17.5 Å². The molecule has 2 aromatic carbocycles. The van der Waals surface area contributed by atoms with Crippen molar-refractivity contribution in [1.29, 1.82) is 0 Å². The van der Waals surface area contributed by atoms with Crippen LogP contribution in [0.2, 0.25) is 10.0 Å². The maximum atomic E-state index is 15.1. The molecule has 0 spiro atoms. The van der Waals surface area contributed by atoms with E-state index in [0.29, 0.717) is 29.4 Å². The number of hydrogen-bond acceptors (Lipinski definition) is 5. The molecule has 37 heavy (non-hydrogen) atoms. The van der Waals surface area contributed by atoms with Crippen molar-refractivity contribution in [2.45, 2.75) is 69.3 Å². The van der Waals surface area contributed by atoms with Crippen LogP contribution in [0.1, 0.15) is 78.5 Å². The maximum absolute atomic E-state index is 15.1. The van der Waals surface area contributed by atoms with Gasteiger partial charge in [0.15, 0.2) is 0 Å². The van der Waals surface area contributed by atoms with Gasteiger partial charge in [0.1, 0.15) is 5.82 Å². The van der Waals surface area contributed by atoms with Gasteiger partial charge in [0.2, 0.25) is 10.0 Å². The fourth-order valence-corrected chi connectivity index (χ4v) is 7.21. The van der Waals surface area contributed by atoms with E-state index < -0.39 is 27.0 Å². The second-order valence-corrected chi connectivity index (χ2v) is 13.5. The van der Waals surface area contributed by atoms with E-state index in [2.05, 4.69) is 28.4 Å². The number of nitrogens with zero attached hydrogens (tertiary/aromatic N) is 2. The summed E-state index contributed by atoms with van der Waals surface area (Å²) in [5, 5.41) is 0.705. The van der Waals surface area contributed by atoms with Crippen molar-refractivity contribution in [3.63, 3.8) is 0 Å². The van der Waals surface area contributed by atoms with Crippen molar-refractivity contribution in [1.82, 2.24) is 14.5 Å². The molecule has 1 unspecified atom stereocenters. The summed E-state index contributed by atoms with van der Waals surface area (Å²) in [7, 11) is -3.74. The molecule has 2 aliphatic carbocycles. The maximum Gasteiger partial charge on any atom is 0.267 e. The number of halogens is 3. The normalized spacial score (nSPS) is 22.1. The molecule has 2 atom stereocenters. The van der Waals surface area contributed by atoms with E-state index in [1.165, 1.54) is 6.07 Å². The topological polar surface area (TPSA) is 69.7 Å². The first-order valence-corrected chi connectivity index (χ1v) is 15.1. The molecule has 1 N–H and O–H groups in total. The third-order valence-electron chi connectivity index (χ3n) is 7.71. The van der Waals surface area contributed by atoms with E-state index in [0.717, 1.165) is 49.2 Å². The van der Waals surface area contributed by atoms with Gasteiger partial charge in [-0.05, 0) is 92.5 Å². The van der Waals surface area contributed by atoms with Crippen molar-refractivity contribution >= 4 is 39.1 Å². The summed E-state index contributed by atoms with van der Waals surface area (Å²) < 4.78 is 41.6. The third kappa shape index (κ3) is 6.14. The van der Waals surface area contributed by atoms with Crippen LogP contribution in [0.15, 0.2) is 30.3 Å². The molecular weight excluding hydrogens is 536 g/mol. The molecule has 10 heteroatoms. The van der Waals surface area contributed by atoms with Gasteiger partial charge in [0, 0.05) is 48.3 Å². The standard InChI is InChI=1S/C27H32Cl2FN3O3S/c1-16-14-32(7-8-33(16)17(2)19-9-21(28)12-22(29)10-19)15-20-11-26(30)25(13-24(20)18-3-4-18)27(34)31-37(35,36)23-5-6-23/h9-13,16-18,23H,3-8,14-15H2,1-2H3,(H,31,34)/t16-,17?/m0/s1. The first kappa shape index (κ1) is 26.9. The highest BCUT2D eigenvalue weighted by Gasteiger charge is 2.38. The van der Waals surface area contributed by atoms with Crippen molar-refractivity contribution in [3.8, 4) is 0 Å². The Morgan fingerprint density at radius 3 is 2.35 bits per heavy atom. The van der Waals surface area contributed by atoms with Crippen molar-refractivity contribution in [3.05, 3.63) is 68.4 Å². The quantitative estimate of drug-likeness (QED) is 0.456. The molecule has 1 saturated heterocycles. The smallest absolute Gasteiger partial charge is 0.267 e. The molecule has 3 aliphatic rings. The second kappa shape index (κ2) is 10.5. The zero-order chi connectivity index (χ0) is 26.5. The number of amides is 1. The zero-order valence-electron chi connectivity index (χ0n) is 21.0. The molecule has 0 bridgehead atoms. The Hall–Kier alpha value is -1.71. The van der Waals surface area contributed by atoms with Gasteiger partial charge < -0.3 is 0 Å². The van der Waals surface area contributed by atoms with Crippen LogP contribution in [-0.4, -0.2) is 55.1 Å². The third-order valence-corrected chi connectivity index (χ3v) is 9.97. The number of piperazine rings is 1. The Balaban J connectivity index is 1.29. The minimum absolute atomic E-state index is 0.150.